The van der Waals surface area contributed by atoms with Crippen molar-refractivity contribution in [2.45, 2.75) is 34.2 Å². The highest BCUT2D eigenvalue weighted by atomic mass is 32.1. The third-order valence-corrected chi connectivity index (χ3v) is 6.20. The smallest absolute Gasteiger partial charge is 0.338 e. The number of carbonyl (C=O) groups is 2. The molecule has 3 rings (SSSR count). The van der Waals surface area contributed by atoms with E-state index in [9.17, 15) is 9.59 Å². The molecule has 0 atom stereocenters. The van der Waals surface area contributed by atoms with Gasteiger partial charge in [-0.3, -0.25) is 4.79 Å². The Morgan fingerprint density at radius 2 is 1.77 bits per heavy atom. The predicted molar refractivity (Wildman–Crippen MR) is 122 cm³/mol. The molecule has 2 heterocycles. The van der Waals surface area contributed by atoms with E-state index in [0.29, 0.717) is 11.1 Å². The lowest BCUT2D eigenvalue weighted by Gasteiger charge is -2.20. The molecule has 30 heavy (non-hydrogen) atoms. The Balaban J connectivity index is 1.63. The van der Waals surface area contributed by atoms with E-state index in [4.69, 9.17) is 4.74 Å². The topological polar surface area (TPSA) is 51.5 Å². The Labute approximate surface area is 181 Å². The summed E-state index contributed by atoms with van der Waals surface area (Å²) in [7, 11) is 0. The maximum atomic E-state index is 12.7. The summed E-state index contributed by atoms with van der Waals surface area (Å²) < 4.78 is 7.42. The second-order valence-corrected chi connectivity index (χ2v) is 8.20. The minimum absolute atomic E-state index is 0.186. The first kappa shape index (κ1) is 21.8. The number of benzene rings is 1. The van der Waals surface area contributed by atoms with Crippen molar-refractivity contribution in [3.8, 4) is 0 Å². The number of esters is 1. The highest BCUT2D eigenvalue weighted by Gasteiger charge is 2.18. The molecule has 0 N–H and O–H groups in total. The van der Waals surface area contributed by atoms with Gasteiger partial charge in [-0.2, -0.15) is 0 Å². The lowest BCUT2D eigenvalue weighted by Crippen LogP contribution is -2.21. The highest BCUT2D eigenvalue weighted by molar-refractivity contribution is 7.09. The number of aromatic nitrogens is 1. The maximum absolute atomic E-state index is 12.7. The van der Waals surface area contributed by atoms with Gasteiger partial charge in [-0.15, -0.1) is 11.3 Å². The van der Waals surface area contributed by atoms with Crippen LogP contribution in [0.15, 0.2) is 47.8 Å². The van der Waals surface area contributed by atoms with Crippen molar-refractivity contribution in [3.63, 3.8) is 0 Å². The fourth-order valence-electron chi connectivity index (χ4n) is 3.57. The van der Waals surface area contributed by atoms with E-state index in [1.807, 2.05) is 43.5 Å². The summed E-state index contributed by atoms with van der Waals surface area (Å²) >= 11 is 1.69. The van der Waals surface area contributed by atoms with E-state index in [2.05, 4.69) is 29.4 Å². The molecule has 0 unspecified atom stereocenters. The Morgan fingerprint density at radius 1 is 1.07 bits per heavy atom. The standard InChI is InChI=1S/C24H28N2O3S/c1-5-25(6-2)20-11-9-19(10-12-20)24(28)29-16-23(27)22-14-17(3)26(18(22)4)15-21-8-7-13-30-21/h7-14H,5-6,15-16H2,1-4H3. The number of rotatable bonds is 9. The molecule has 0 aliphatic carbocycles. The molecule has 0 fully saturated rings. The Bertz CT molecular complexity index is 1000. The van der Waals surface area contributed by atoms with E-state index in [0.717, 1.165) is 36.7 Å². The van der Waals surface area contributed by atoms with E-state index >= 15 is 0 Å². The van der Waals surface area contributed by atoms with Crippen molar-refractivity contribution in [3.05, 3.63) is 75.2 Å². The van der Waals surface area contributed by atoms with E-state index in [1.54, 1.807) is 23.5 Å². The number of ether oxygens (including phenoxy) is 1. The first-order valence-corrected chi connectivity index (χ1v) is 11.1. The van der Waals surface area contributed by atoms with Gasteiger partial charge in [-0.1, -0.05) is 6.07 Å². The van der Waals surface area contributed by atoms with Crippen LogP contribution in [0.4, 0.5) is 5.69 Å². The van der Waals surface area contributed by atoms with Crippen molar-refractivity contribution in [2.75, 3.05) is 24.6 Å². The molecule has 0 radical (unpaired) electrons. The Morgan fingerprint density at radius 3 is 2.37 bits per heavy atom. The van der Waals surface area contributed by atoms with Gasteiger partial charge >= 0.3 is 5.97 Å². The van der Waals surface area contributed by atoms with Crippen molar-refractivity contribution >= 4 is 28.8 Å². The Hall–Kier alpha value is -2.86. The fraction of sp³-hybridized carbons (Fsp3) is 0.333. The van der Waals surface area contributed by atoms with Gasteiger partial charge < -0.3 is 14.2 Å². The van der Waals surface area contributed by atoms with Gasteiger partial charge in [0.2, 0.25) is 5.78 Å². The molecular formula is C24H28N2O3S. The molecule has 158 valence electrons. The molecule has 0 spiro atoms. The first-order chi connectivity index (χ1) is 14.4. The van der Waals surface area contributed by atoms with Crippen LogP contribution in [0, 0.1) is 13.8 Å². The second-order valence-electron chi connectivity index (χ2n) is 7.17. The van der Waals surface area contributed by atoms with E-state index in [1.165, 1.54) is 4.88 Å². The highest BCUT2D eigenvalue weighted by Crippen LogP contribution is 2.20. The quantitative estimate of drug-likeness (QED) is 0.354. The normalized spacial score (nSPS) is 10.8. The number of Topliss-reactive ketones (excluding diaryl/α,β-unsaturated/α-hetero) is 1. The molecule has 0 bridgehead atoms. The van der Waals surface area contributed by atoms with Crippen LogP contribution in [-0.4, -0.2) is 36.0 Å². The summed E-state index contributed by atoms with van der Waals surface area (Å²) in [5.74, 6) is -0.671. The molecular weight excluding hydrogens is 396 g/mol. The van der Waals surface area contributed by atoms with Crippen LogP contribution < -0.4 is 4.90 Å². The number of ketones is 1. The molecule has 0 saturated heterocycles. The molecule has 0 amide bonds. The van der Waals surface area contributed by atoms with Crippen LogP contribution in [0.25, 0.3) is 0 Å². The van der Waals surface area contributed by atoms with Gasteiger partial charge in [-0.05, 0) is 69.5 Å². The average molecular weight is 425 g/mol. The summed E-state index contributed by atoms with van der Waals surface area (Å²) in [6.07, 6.45) is 0. The van der Waals surface area contributed by atoms with Gasteiger partial charge in [-0.25, -0.2) is 4.79 Å². The Kier molecular flexibility index (Phi) is 7.11. The SMILES string of the molecule is CCN(CC)c1ccc(C(=O)OCC(=O)c2cc(C)n(Cc3cccs3)c2C)cc1. The monoisotopic (exact) mass is 424 g/mol. The largest absolute Gasteiger partial charge is 0.454 e. The van der Waals surface area contributed by atoms with Crippen LogP contribution in [0.2, 0.25) is 0 Å². The summed E-state index contributed by atoms with van der Waals surface area (Å²) in [6, 6.07) is 13.3. The first-order valence-electron chi connectivity index (χ1n) is 10.2. The van der Waals surface area contributed by atoms with Gasteiger partial charge in [0.05, 0.1) is 12.1 Å². The lowest BCUT2D eigenvalue weighted by molar-refractivity contribution is 0.0474. The molecule has 2 aromatic heterocycles. The zero-order chi connectivity index (χ0) is 21.7. The molecule has 0 aliphatic rings. The molecule has 0 aliphatic heterocycles. The van der Waals surface area contributed by atoms with E-state index < -0.39 is 5.97 Å². The maximum Gasteiger partial charge on any atom is 0.338 e. The molecule has 0 saturated carbocycles. The van der Waals surface area contributed by atoms with Crippen molar-refractivity contribution in [2.24, 2.45) is 0 Å². The third kappa shape index (κ3) is 4.82. The summed E-state index contributed by atoms with van der Waals surface area (Å²) in [5.41, 5.74) is 4.02. The van der Waals surface area contributed by atoms with Crippen molar-refractivity contribution in [1.82, 2.24) is 4.57 Å². The van der Waals surface area contributed by atoms with E-state index in [-0.39, 0.29) is 12.4 Å². The van der Waals surface area contributed by atoms with Gasteiger partial charge in [0.1, 0.15) is 0 Å². The summed E-state index contributed by atoms with van der Waals surface area (Å²) in [4.78, 5) is 28.5. The van der Waals surface area contributed by atoms with Crippen LogP contribution in [-0.2, 0) is 11.3 Å². The van der Waals surface area contributed by atoms with Crippen molar-refractivity contribution in [1.29, 1.82) is 0 Å². The number of thiophene rings is 1. The number of anilines is 1. The van der Waals surface area contributed by atoms with Gasteiger partial charge in [0.25, 0.3) is 0 Å². The minimum Gasteiger partial charge on any atom is -0.454 e. The van der Waals surface area contributed by atoms with Crippen molar-refractivity contribution < 1.29 is 14.3 Å². The van der Waals surface area contributed by atoms with Gasteiger partial charge in [0, 0.05) is 40.6 Å². The lowest BCUT2D eigenvalue weighted by atomic mass is 10.1. The zero-order valence-electron chi connectivity index (χ0n) is 18.0. The van der Waals surface area contributed by atoms with Gasteiger partial charge in [0.15, 0.2) is 6.61 Å². The average Bonchev–Trinajstić information content (AvgIpc) is 3.37. The number of hydrogen-bond donors (Lipinski definition) is 0. The third-order valence-electron chi connectivity index (χ3n) is 5.33. The summed E-state index contributed by atoms with van der Waals surface area (Å²) in [6.45, 7) is 10.4. The van der Waals surface area contributed by atoms with Crippen LogP contribution >= 0.6 is 11.3 Å². The molecule has 5 nitrogen and oxygen atoms in total. The second kappa shape index (κ2) is 9.76. The number of nitrogens with zero attached hydrogens (tertiary/aromatic N) is 2. The molecule has 3 aromatic rings. The predicted octanol–water partition coefficient (Wildman–Crippen LogP) is 5.10. The molecule has 1 aromatic carbocycles. The number of aryl methyl sites for hydroxylation is 1. The zero-order valence-corrected chi connectivity index (χ0v) is 18.8. The van der Waals surface area contributed by atoms with Crippen LogP contribution in [0.1, 0.15) is 50.8 Å². The van der Waals surface area contributed by atoms with Crippen LogP contribution in [0.3, 0.4) is 0 Å². The minimum atomic E-state index is -0.484. The molecule has 6 heteroatoms. The fourth-order valence-corrected chi connectivity index (χ4v) is 4.27. The summed E-state index contributed by atoms with van der Waals surface area (Å²) in [5, 5.41) is 2.05. The number of carbonyl (C=O) groups excluding carboxylic acids is 2. The van der Waals surface area contributed by atoms with Crippen LogP contribution in [0.5, 0.6) is 0 Å². The number of hydrogen-bond acceptors (Lipinski definition) is 5.